The van der Waals surface area contributed by atoms with E-state index in [4.69, 9.17) is 5.26 Å². The Morgan fingerprint density at radius 2 is 2.00 bits per heavy atom. The normalized spacial score (nSPS) is 22.8. The highest BCUT2D eigenvalue weighted by Gasteiger charge is 2.23. The van der Waals surface area contributed by atoms with E-state index in [-0.39, 0.29) is 23.3 Å². The lowest BCUT2D eigenvalue weighted by atomic mass is 10.1. The molecule has 18 heavy (non-hydrogen) atoms. The molecular formula is C13H14F2N2O. The van der Waals surface area contributed by atoms with Crippen LogP contribution in [0.2, 0.25) is 0 Å². The van der Waals surface area contributed by atoms with Gasteiger partial charge in [-0.2, -0.15) is 5.26 Å². The maximum absolute atomic E-state index is 13.5. The van der Waals surface area contributed by atoms with Crippen LogP contribution >= 0.6 is 0 Å². The fourth-order valence-electron chi connectivity index (χ4n) is 2.29. The molecule has 0 spiro atoms. The zero-order valence-corrected chi connectivity index (χ0v) is 9.79. The van der Waals surface area contributed by atoms with Gasteiger partial charge in [0, 0.05) is 6.54 Å². The van der Waals surface area contributed by atoms with Crippen LogP contribution in [-0.2, 0) is 0 Å². The van der Waals surface area contributed by atoms with Crippen LogP contribution < -0.4 is 5.32 Å². The first-order valence-corrected chi connectivity index (χ1v) is 5.91. The highest BCUT2D eigenvalue weighted by molar-refractivity contribution is 5.50. The second-order valence-corrected chi connectivity index (χ2v) is 4.64. The Hall–Kier alpha value is -1.67. The van der Waals surface area contributed by atoms with E-state index in [9.17, 15) is 13.9 Å². The average molecular weight is 252 g/mol. The van der Waals surface area contributed by atoms with E-state index >= 15 is 0 Å². The molecule has 2 atom stereocenters. The molecule has 0 saturated heterocycles. The summed E-state index contributed by atoms with van der Waals surface area (Å²) in [6.45, 7) is 0.427. The minimum Gasteiger partial charge on any atom is -0.393 e. The van der Waals surface area contributed by atoms with Crippen molar-refractivity contribution in [2.75, 3.05) is 11.9 Å². The van der Waals surface area contributed by atoms with Crippen molar-refractivity contribution >= 4 is 5.69 Å². The second-order valence-electron chi connectivity index (χ2n) is 4.64. The summed E-state index contributed by atoms with van der Waals surface area (Å²) in [5.74, 6) is -1.29. The van der Waals surface area contributed by atoms with E-state index < -0.39 is 11.6 Å². The van der Waals surface area contributed by atoms with Gasteiger partial charge in [0.1, 0.15) is 5.69 Å². The van der Waals surface area contributed by atoms with E-state index in [1.165, 1.54) is 0 Å². The van der Waals surface area contributed by atoms with Crippen LogP contribution in [0.5, 0.6) is 0 Å². The topological polar surface area (TPSA) is 56.0 Å². The van der Waals surface area contributed by atoms with Crippen LogP contribution in [-0.4, -0.2) is 17.8 Å². The van der Waals surface area contributed by atoms with E-state index in [2.05, 4.69) is 5.32 Å². The summed E-state index contributed by atoms with van der Waals surface area (Å²) < 4.78 is 27.1. The van der Waals surface area contributed by atoms with E-state index in [1.807, 2.05) is 0 Å². The third kappa shape index (κ3) is 2.77. The average Bonchev–Trinajstić information content (AvgIpc) is 2.73. The number of aliphatic hydroxyl groups excluding tert-OH is 1. The number of rotatable bonds is 3. The second kappa shape index (κ2) is 5.32. The zero-order valence-electron chi connectivity index (χ0n) is 9.79. The van der Waals surface area contributed by atoms with Crippen molar-refractivity contribution < 1.29 is 13.9 Å². The first-order chi connectivity index (χ1) is 8.60. The van der Waals surface area contributed by atoms with Crippen LogP contribution in [0.25, 0.3) is 0 Å². The molecule has 96 valence electrons. The number of aliphatic hydroxyl groups is 1. The molecule has 5 heteroatoms. The number of halogens is 2. The number of anilines is 1. The van der Waals surface area contributed by atoms with Crippen molar-refractivity contribution in [3.05, 3.63) is 29.3 Å². The largest absolute Gasteiger partial charge is 0.393 e. The van der Waals surface area contributed by atoms with Crippen molar-refractivity contribution in [3.8, 4) is 6.07 Å². The van der Waals surface area contributed by atoms with Gasteiger partial charge in [-0.3, -0.25) is 0 Å². The van der Waals surface area contributed by atoms with Crippen LogP contribution in [0, 0.1) is 28.9 Å². The minimum atomic E-state index is -0.759. The molecule has 1 saturated carbocycles. The maximum atomic E-state index is 13.5. The standard InChI is InChI=1S/C13H14F2N2O/c14-11-4-9(6-16)5-12(15)13(11)17-7-8-1-2-10(18)3-8/h4-5,8,10,17-18H,1-3,7H2. The van der Waals surface area contributed by atoms with Crippen LogP contribution in [0.1, 0.15) is 24.8 Å². The molecule has 0 radical (unpaired) electrons. The van der Waals surface area contributed by atoms with Gasteiger partial charge in [-0.1, -0.05) is 0 Å². The Morgan fingerprint density at radius 1 is 1.33 bits per heavy atom. The monoisotopic (exact) mass is 252 g/mol. The Labute approximate surface area is 104 Å². The van der Waals surface area contributed by atoms with Gasteiger partial charge < -0.3 is 10.4 Å². The first-order valence-electron chi connectivity index (χ1n) is 5.91. The van der Waals surface area contributed by atoms with Crippen LogP contribution in [0.15, 0.2) is 12.1 Å². The molecule has 2 unspecified atom stereocenters. The summed E-state index contributed by atoms with van der Waals surface area (Å²) in [6.07, 6.45) is 1.96. The smallest absolute Gasteiger partial charge is 0.150 e. The molecule has 0 heterocycles. The van der Waals surface area contributed by atoms with Crippen LogP contribution in [0.3, 0.4) is 0 Å². The number of nitrogens with one attached hydrogen (secondary N) is 1. The van der Waals surface area contributed by atoms with E-state index in [0.717, 1.165) is 25.0 Å². The Bertz CT molecular complexity index is 461. The third-order valence-corrected chi connectivity index (χ3v) is 3.25. The van der Waals surface area contributed by atoms with Crippen molar-refractivity contribution in [2.45, 2.75) is 25.4 Å². The lowest BCUT2D eigenvalue weighted by Crippen LogP contribution is -2.14. The van der Waals surface area contributed by atoms with Gasteiger partial charge in [0.15, 0.2) is 11.6 Å². The molecule has 0 aliphatic heterocycles. The van der Waals surface area contributed by atoms with Gasteiger partial charge in [-0.15, -0.1) is 0 Å². The molecule has 3 nitrogen and oxygen atoms in total. The lowest BCUT2D eigenvalue weighted by Gasteiger charge is -2.13. The molecule has 1 fully saturated rings. The SMILES string of the molecule is N#Cc1cc(F)c(NCC2CCC(O)C2)c(F)c1. The highest BCUT2D eigenvalue weighted by Crippen LogP contribution is 2.27. The fraction of sp³-hybridized carbons (Fsp3) is 0.462. The van der Waals surface area contributed by atoms with E-state index in [1.54, 1.807) is 6.07 Å². The number of hydrogen-bond donors (Lipinski definition) is 2. The number of nitrogens with zero attached hydrogens (tertiary/aromatic N) is 1. The Kier molecular flexibility index (Phi) is 3.78. The summed E-state index contributed by atoms with van der Waals surface area (Å²) in [7, 11) is 0. The summed E-state index contributed by atoms with van der Waals surface area (Å²) in [4.78, 5) is 0. The summed E-state index contributed by atoms with van der Waals surface area (Å²) >= 11 is 0. The molecular weight excluding hydrogens is 238 g/mol. The molecule has 2 N–H and O–H groups in total. The summed E-state index contributed by atoms with van der Waals surface area (Å²) in [5, 5.41) is 20.7. The third-order valence-electron chi connectivity index (χ3n) is 3.25. The fourth-order valence-corrected chi connectivity index (χ4v) is 2.29. The summed E-state index contributed by atoms with van der Waals surface area (Å²) in [6, 6.07) is 3.72. The lowest BCUT2D eigenvalue weighted by molar-refractivity contribution is 0.178. The van der Waals surface area contributed by atoms with Crippen molar-refractivity contribution in [1.82, 2.24) is 0 Å². The molecule has 1 aliphatic rings. The number of hydrogen-bond acceptors (Lipinski definition) is 3. The number of nitriles is 1. The minimum absolute atomic E-state index is 0.0353. The quantitative estimate of drug-likeness (QED) is 0.868. The predicted octanol–water partition coefficient (Wildman–Crippen LogP) is 2.41. The predicted molar refractivity (Wildman–Crippen MR) is 62.9 cm³/mol. The van der Waals surface area contributed by atoms with Crippen LogP contribution in [0.4, 0.5) is 14.5 Å². The molecule has 0 aromatic heterocycles. The molecule has 0 amide bonds. The number of benzene rings is 1. The maximum Gasteiger partial charge on any atom is 0.150 e. The first kappa shape index (κ1) is 12.8. The molecule has 2 rings (SSSR count). The van der Waals surface area contributed by atoms with Crippen molar-refractivity contribution in [2.24, 2.45) is 5.92 Å². The van der Waals surface area contributed by atoms with Gasteiger partial charge in [0.25, 0.3) is 0 Å². The molecule has 1 aliphatic carbocycles. The molecule has 1 aromatic rings. The molecule has 0 bridgehead atoms. The Morgan fingerprint density at radius 3 is 2.50 bits per heavy atom. The van der Waals surface area contributed by atoms with Crippen molar-refractivity contribution in [1.29, 1.82) is 5.26 Å². The summed E-state index contributed by atoms with van der Waals surface area (Å²) in [5.41, 5.74) is -0.234. The highest BCUT2D eigenvalue weighted by atomic mass is 19.1. The zero-order chi connectivity index (χ0) is 13.1. The van der Waals surface area contributed by atoms with Gasteiger partial charge in [0.2, 0.25) is 0 Å². The van der Waals surface area contributed by atoms with Gasteiger partial charge >= 0.3 is 0 Å². The van der Waals surface area contributed by atoms with Gasteiger partial charge in [0.05, 0.1) is 17.7 Å². The molecule has 1 aromatic carbocycles. The van der Waals surface area contributed by atoms with Crippen molar-refractivity contribution in [3.63, 3.8) is 0 Å². The van der Waals surface area contributed by atoms with Gasteiger partial charge in [-0.05, 0) is 37.3 Å². The van der Waals surface area contributed by atoms with E-state index in [0.29, 0.717) is 13.0 Å². The van der Waals surface area contributed by atoms with Gasteiger partial charge in [-0.25, -0.2) is 8.78 Å². The Balaban J connectivity index is 2.03.